The van der Waals surface area contributed by atoms with Crippen LogP contribution in [-0.4, -0.2) is 60.1 Å². The molecule has 1 fully saturated rings. The minimum atomic E-state index is 0.139. The average Bonchev–Trinajstić information content (AvgIpc) is 2.45. The molecule has 1 aliphatic heterocycles. The van der Waals surface area contributed by atoms with Crippen molar-refractivity contribution < 1.29 is 9.90 Å². The van der Waals surface area contributed by atoms with Crippen molar-refractivity contribution >= 4 is 5.91 Å². The lowest BCUT2D eigenvalue weighted by Gasteiger charge is -2.34. The van der Waals surface area contributed by atoms with E-state index in [1.54, 1.807) is 0 Å². The molecule has 0 aliphatic carbocycles. The lowest BCUT2D eigenvalue weighted by molar-refractivity contribution is 0.0628. The molecule has 19 heavy (non-hydrogen) atoms. The first-order valence-electron chi connectivity index (χ1n) is 6.90. The van der Waals surface area contributed by atoms with Crippen LogP contribution in [0.3, 0.4) is 0 Å². The van der Waals surface area contributed by atoms with Crippen LogP contribution in [0.25, 0.3) is 0 Å². The van der Waals surface area contributed by atoms with E-state index in [2.05, 4.69) is 4.90 Å². The van der Waals surface area contributed by atoms with Crippen LogP contribution in [0.15, 0.2) is 24.3 Å². The molecule has 1 aromatic carbocycles. The highest BCUT2D eigenvalue weighted by Gasteiger charge is 2.22. The Morgan fingerprint density at radius 1 is 1.21 bits per heavy atom. The van der Waals surface area contributed by atoms with E-state index in [0.29, 0.717) is 0 Å². The van der Waals surface area contributed by atoms with E-state index in [1.165, 1.54) is 0 Å². The lowest BCUT2D eigenvalue weighted by atomic mass is 10.1. The molecule has 1 aliphatic rings. The molecule has 4 nitrogen and oxygen atoms in total. The van der Waals surface area contributed by atoms with E-state index >= 15 is 0 Å². The Balaban J connectivity index is 1.91. The number of carbonyl (C=O) groups excluding carboxylic acids is 1. The molecule has 0 bridgehead atoms. The standard InChI is InChI=1S/C15H22N2O2/c1-13-5-2-3-6-14(13)15(19)17-10-8-16(9-11-17)7-4-12-18/h2-3,5-6,18H,4,7-12H2,1H3. The first-order chi connectivity index (χ1) is 9.22. The maximum atomic E-state index is 12.4. The predicted octanol–water partition coefficient (Wildman–Crippen LogP) is 1.14. The van der Waals surface area contributed by atoms with Crippen LogP contribution < -0.4 is 0 Å². The smallest absolute Gasteiger partial charge is 0.254 e. The summed E-state index contributed by atoms with van der Waals surface area (Å²) in [4.78, 5) is 16.6. The number of hydrogen-bond acceptors (Lipinski definition) is 3. The molecule has 0 spiro atoms. The highest BCUT2D eigenvalue weighted by molar-refractivity contribution is 5.95. The highest BCUT2D eigenvalue weighted by atomic mass is 16.3. The van der Waals surface area contributed by atoms with E-state index in [-0.39, 0.29) is 12.5 Å². The number of carbonyl (C=O) groups is 1. The third-order valence-corrected chi connectivity index (χ3v) is 3.67. The maximum absolute atomic E-state index is 12.4. The average molecular weight is 262 g/mol. The van der Waals surface area contributed by atoms with Gasteiger partial charge in [-0.2, -0.15) is 0 Å². The van der Waals surface area contributed by atoms with Crippen LogP contribution in [-0.2, 0) is 0 Å². The van der Waals surface area contributed by atoms with Gasteiger partial charge in [0.05, 0.1) is 0 Å². The van der Waals surface area contributed by atoms with E-state index in [4.69, 9.17) is 5.11 Å². The van der Waals surface area contributed by atoms with Gasteiger partial charge in [0.2, 0.25) is 0 Å². The van der Waals surface area contributed by atoms with Gasteiger partial charge in [0.15, 0.2) is 0 Å². The van der Waals surface area contributed by atoms with Crippen LogP contribution in [0.2, 0.25) is 0 Å². The summed E-state index contributed by atoms with van der Waals surface area (Å²) in [6.07, 6.45) is 0.811. The number of benzene rings is 1. The van der Waals surface area contributed by atoms with Crippen molar-refractivity contribution in [1.29, 1.82) is 0 Å². The van der Waals surface area contributed by atoms with Gasteiger partial charge >= 0.3 is 0 Å². The highest BCUT2D eigenvalue weighted by Crippen LogP contribution is 2.12. The molecule has 104 valence electrons. The summed E-state index contributed by atoms with van der Waals surface area (Å²) in [5, 5.41) is 8.83. The monoisotopic (exact) mass is 262 g/mol. The summed E-state index contributed by atoms with van der Waals surface area (Å²) in [5.41, 5.74) is 1.85. The van der Waals surface area contributed by atoms with Gasteiger partial charge in [-0.15, -0.1) is 0 Å². The zero-order valence-corrected chi connectivity index (χ0v) is 11.5. The molecule has 0 aromatic heterocycles. The van der Waals surface area contributed by atoms with E-state index in [0.717, 1.165) is 50.3 Å². The van der Waals surface area contributed by atoms with Gasteiger partial charge in [-0.05, 0) is 25.0 Å². The maximum Gasteiger partial charge on any atom is 0.254 e. The largest absolute Gasteiger partial charge is 0.396 e. The van der Waals surface area contributed by atoms with Gasteiger partial charge in [0, 0.05) is 44.9 Å². The molecule has 1 amide bonds. The van der Waals surface area contributed by atoms with Crippen LogP contribution >= 0.6 is 0 Å². The Kier molecular flexibility index (Phi) is 4.93. The van der Waals surface area contributed by atoms with Gasteiger partial charge in [-0.25, -0.2) is 0 Å². The summed E-state index contributed by atoms with van der Waals surface area (Å²) < 4.78 is 0. The number of amides is 1. The van der Waals surface area contributed by atoms with Crippen molar-refractivity contribution in [2.45, 2.75) is 13.3 Å². The Morgan fingerprint density at radius 2 is 1.89 bits per heavy atom. The second kappa shape index (κ2) is 6.68. The minimum absolute atomic E-state index is 0.139. The zero-order valence-electron chi connectivity index (χ0n) is 11.5. The number of aliphatic hydroxyl groups excluding tert-OH is 1. The van der Waals surface area contributed by atoms with Gasteiger partial charge in [0.1, 0.15) is 0 Å². The lowest BCUT2D eigenvalue weighted by Crippen LogP contribution is -2.49. The van der Waals surface area contributed by atoms with E-state index in [1.807, 2.05) is 36.1 Å². The zero-order chi connectivity index (χ0) is 13.7. The van der Waals surface area contributed by atoms with Crippen molar-refractivity contribution in [3.63, 3.8) is 0 Å². The molecule has 1 aromatic rings. The normalized spacial score (nSPS) is 16.6. The Hall–Kier alpha value is -1.39. The SMILES string of the molecule is Cc1ccccc1C(=O)N1CCN(CCCO)CC1. The second-order valence-corrected chi connectivity index (χ2v) is 5.03. The fourth-order valence-corrected chi connectivity index (χ4v) is 2.45. The van der Waals surface area contributed by atoms with Crippen molar-refractivity contribution in [2.24, 2.45) is 0 Å². The fourth-order valence-electron chi connectivity index (χ4n) is 2.45. The number of aliphatic hydroxyl groups is 1. The molecule has 1 saturated heterocycles. The Bertz CT molecular complexity index is 426. The van der Waals surface area contributed by atoms with E-state index < -0.39 is 0 Å². The van der Waals surface area contributed by atoms with Crippen molar-refractivity contribution in [3.8, 4) is 0 Å². The molecule has 1 heterocycles. The Labute approximate surface area is 114 Å². The van der Waals surface area contributed by atoms with Gasteiger partial charge in [-0.1, -0.05) is 18.2 Å². The van der Waals surface area contributed by atoms with Gasteiger partial charge in [0.25, 0.3) is 5.91 Å². The molecule has 0 saturated carbocycles. The van der Waals surface area contributed by atoms with E-state index in [9.17, 15) is 4.79 Å². The van der Waals surface area contributed by atoms with Crippen LogP contribution in [0.4, 0.5) is 0 Å². The molecule has 1 N–H and O–H groups in total. The first kappa shape index (κ1) is 14.0. The molecule has 0 radical (unpaired) electrons. The van der Waals surface area contributed by atoms with Crippen LogP contribution in [0.5, 0.6) is 0 Å². The summed E-state index contributed by atoms with van der Waals surface area (Å²) in [5.74, 6) is 0.139. The number of piperazine rings is 1. The van der Waals surface area contributed by atoms with Crippen molar-refractivity contribution in [3.05, 3.63) is 35.4 Å². The fraction of sp³-hybridized carbons (Fsp3) is 0.533. The van der Waals surface area contributed by atoms with Gasteiger partial charge in [-0.3, -0.25) is 9.69 Å². The predicted molar refractivity (Wildman–Crippen MR) is 75.2 cm³/mol. The topological polar surface area (TPSA) is 43.8 Å². The summed E-state index contributed by atoms with van der Waals surface area (Å²) in [6, 6.07) is 7.75. The van der Waals surface area contributed by atoms with Crippen molar-refractivity contribution in [1.82, 2.24) is 9.80 Å². The van der Waals surface area contributed by atoms with Crippen LogP contribution in [0.1, 0.15) is 22.3 Å². The quantitative estimate of drug-likeness (QED) is 0.885. The number of rotatable bonds is 4. The molecule has 2 rings (SSSR count). The molecular weight excluding hydrogens is 240 g/mol. The minimum Gasteiger partial charge on any atom is -0.396 e. The second-order valence-electron chi connectivity index (χ2n) is 5.03. The van der Waals surface area contributed by atoms with Crippen LogP contribution in [0, 0.1) is 6.92 Å². The molecular formula is C15H22N2O2. The summed E-state index contributed by atoms with van der Waals surface area (Å²) >= 11 is 0. The summed E-state index contributed by atoms with van der Waals surface area (Å²) in [7, 11) is 0. The number of nitrogens with zero attached hydrogens (tertiary/aromatic N) is 2. The third-order valence-electron chi connectivity index (χ3n) is 3.67. The number of hydrogen-bond donors (Lipinski definition) is 1. The summed E-state index contributed by atoms with van der Waals surface area (Å²) in [6.45, 7) is 6.49. The number of aryl methyl sites for hydroxylation is 1. The molecule has 4 heteroatoms. The Morgan fingerprint density at radius 3 is 2.53 bits per heavy atom. The third kappa shape index (κ3) is 3.55. The van der Waals surface area contributed by atoms with Crippen molar-refractivity contribution in [2.75, 3.05) is 39.3 Å². The molecule has 0 atom stereocenters. The molecule has 0 unspecified atom stereocenters. The first-order valence-corrected chi connectivity index (χ1v) is 6.90. The van der Waals surface area contributed by atoms with Gasteiger partial charge < -0.3 is 10.0 Å².